The molecule has 19 heavy (non-hydrogen) atoms. The summed E-state index contributed by atoms with van der Waals surface area (Å²) in [6.07, 6.45) is -0.480. The Morgan fingerprint density at radius 1 is 1.05 bits per heavy atom. The van der Waals surface area contributed by atoms with Crippen molar-refractivity contribution in [2.24, 2.45) is 0 Å². The topological polar surface area (TPSA) is 32.3 Å². The summed E-state index contributed by atoms with van der Waals surface area (Å²) in [5, 5.41) is 13.5. The first-order valence-electron chi connectivity index (χ1n) is 6.39. The standard InChI is InChI=1S/C16H18BrNO/c1-12(14-9-5-6-10-15(14)17)18-11-16(19)13-7-3-2-4-8-13/h2-10,12,16,18-19H,11H2,1H3/t12-,16?/m1/s1. The summed E-state index contributed by atoms with van der Waals surface area (Å²) in [5.74, 6) is 0. The van der Waals surface area contributed by atoms with E-state index in [0.717, 1.165) is 10.0 Å². The van der Waals surface area contributed by atoms with Gasteiger partial charge in [-0.3, -0.25) is 0 Å². The third-order valence-electron chi connectivity index (χ3n) is 3.17. The normalized spacial score (nSPS) is 14.1. The molecule has 2 rings (SSSR count). The largest absolute Gasteiger partial charge is 0.387 e. The van der Waals surface area contributed by atoms with E-state index in [0.29, 0.717) is 6.54 Å². The highest BCUT2D eigenvalue weighted by Crippen LogP contribution is 2.23. The van der Waals surface area contributed by atoms with Crippen LogP contribution in [0.4, 0.5) is 0 Å². The minimum absolute atomic E-state index is 0.189. The van der Waals surface area contributed by atoms with Crippen molar-refractivity contribution in [3.05, 3.63) is 70.2 Å². The van der Waals surface area contributed by atoms with E-state index in [2.05, 4.69) is 34.2 Å². The molecule has 2 aromatic rings. The van der Waals surface area contributed by atoms with E-state index in [4.69, 9.17) is 0 Å². The van der Waals surface area contributed by atoms with E-state index in [1.165, 1.54) is 5.56 Å². The van der Waals surface area contributed by atoms with Crippen molar-refractivity contribution in [2.45, 2.75) is 19.1 Å². The van der Waals surface area contributed by atoms with Crippen LogP contribution in [0.3, 0.4) is 0 Å². The summed E-state index contributed by atoms with van der Waals surface area (Å²) in [6.45, 7) is 2.63. The van der Waals surface area contributed by atoms with Crippen molar-refractivity contribution in [1.82, 2.24) is 5.32 Å². The number of benzene rings is 2. The zero-order valence-corrected chi connectivity index (χ0v) is 12.5. The van der Waals surface area contributed by atoms with Crippen molar-refractivity contribution in [1.29, 1.82) is 0 Å². The molecule has 2 nitrogen and oxygen atoms in total. The first-order valence-corrected chi connectivity index (χ1v) is 7.18. The van der Waals surface area contributed by atoms with Crippen LogP contribution in [-0.2, 0) is 0 Å². The number of halogens is 1. The Balaban J connectivity index is 1.94. The Hall–Kier alpha value is -1.16. The average Bonchev–Trinajstić information content (AvgIpc) is 2.46. The summed E-state index contributed by atoms with van der Waals surface area (Å²) >= 11 is 3.55. The number of hydrogen-bond donors (Lipinski definition) is 2. The van der Waals surface area contributed by atoms with Gasteiger partial charge in [0.1, 0.15) is 0 Å². The van der Waals surface area contributed by atoms with Crippen LogP contribution in [0.5, 0.6) is 0 Å². The molecule has 0 aliphatic heterocycles. The highest BCUT2D eigenvalue weighted by atomic mass is 79.9. The molecule has 100 valence electrons. The van der Waals surface area contributed by atoms with Gasteiger partial charge in [-0.15, -0.1) is 0 Å². The van der Waals surface area contributed by atoms with Crippen LogP contribution in [0.1, 0.15) is 30.2 Å². The van der Waals surface area contributed by atoms with Crippen LogP contribution >= 0.6 is 15.9 Å². The first-order chi connectivity index (χ1) is 9.18. The van der Waals surface area contributed by atoms with Gasteiger partial charge in [0.05, 0.1) is 6.10 Å². The minimum atomic E-state index is -0.480. The fourth-order valence-electron chi connectivity index (χ4n) is 2.02. The molecule has 3 heteroatoms. The Kier molecular flexibility index (Phi) is 5.14. The highest BCUT2D eigenvalue weighted by molar-refractivity contribution is 9.10. The lowest BCUT2D eigenvalue weighted by atomic mass is 10.1. The molecule has 2 aromatic carbocycles. The molecule has 0 amide bonds. The summed E-state index contributed by atoms with van der Waals surface area (Å²) in [6, 6.07) is 18.0. The van der Waals surface area contributed by atoms with Crippen molar-refractivity contribution in [3.8, 4) is 0 Å². The van der Waals surface area contributed by atoms with E-state index < -0.39 is 6.10 Å². The lowest BCUT2D eigenvalue weighted by Crippen LogP contribution is -2.24. The number of hydrogen-bond acceptors (Lipinski definition) is 2. The summed E-state index contributed by atoms with van der Waals surface area (Å²) < 4.78 is 1.09. The zero-order chi connectivity index (χ0) is 13.7. The van der Waals surface area contributed by atoms with Gasteiger partial charge >= 0.3 is 0 Å². The zero-order valence-electron chi connectivity index (χ0n) is 10.9. The maximum Gasteiger partial charge on any atom is 0.0914 e. The molecule has 0 aliphatic rings. The quantitative estimate of drug-likeness (QED) is 0.877. The molecular formula is C16H18BrNO. The fraction of sp³-hybridized carbons (Fsp3) is 0.250. The van der Waals surface area contributed by atoms with Crippen LogP contribution < -0.4 is 5.32 Å². The molecule has 0 bridgehead atoms. The fourth-order valence-corrected chi connectivity index (χ4v) is 2.65. The second-order valence-electron chi connectivity index (χ2n) is 4.58. The number of aliphatic hydroxyl groups excluding tert-OH is 1. The molecule has 0 fully saturated rings. The molecular weight excluding hydrogens is 302 g/mol. The predicted octanol–water partition coefficient (Wildman–Crippen LogP) is 3.83. The number of aliphatic hydroxyl groups is 1. The molecule has 0 saturated heterocycles. The Bertz CT molecular complexity index is 515. The lowest BCUT2D eigenvalue weighted by molar-refractivity contribution is 0.171. The molecule has 1 unspecified atom stereocenters. The van der Waals surface area contributed by atoms with E-state index in [1.807, 2.05) is 48.5 Å². The molecule has 0 heterocycles. The SMILES string of the molecule is C[C@@H](NCC(O)c1ccccc1)c1ccccc1Br. The van der Waals surface area contributed by atoms with Crippen LogP contribution in [0, 0.1) is 0 Å². The molecule has 0 aliphatic carbocycles. The molecule has 0 spiro atoms. The first kappa shape index (κ1) is 14.3. The summed E-state index contributed by atoms with van der Waals surface area (Å²) in [7, 11) is 0. The number of rotatable bonds is 5. The third-order valence-corrected chi connectivity index (χ3v) is 3.90. The smallest absolute Gasteiger partial charge is 0.0914 e. The van der Waals surface area contributed by atoms with Gasteiger partial charge < -0.3 is 10.4 Å². The Labute approximate surface area is 122 Å². The number of nitrogens with one attached hydrogen (secondary N) is 1. The van der Waals surface area contributed by atoms with Crippen LogP contribution in [0.15, 0.2) is 59.1 Å². The van der Waals surface area contributed by atoms with E-state index in [9.17, 15) is 5.11 Å². The van der Waals surface area contributed by atoms with Crippen LogP contribution in [0.2, 0.25) is 0 Å². The van der Waals surface area contributed by atoms with E-state index in [-0.39, 0.29) is 6.04 Å². The van der Waals surface area contributed by atoms with Crippen molar-refractivity contribution in [2.75, 3.05) is 6.54 Å². The van der Waals surface area contributed by atoms with E-state index >= 15 is 0 Å². The van der Waals surface area contributed by atoms with Gasteiger partial charge in [-0.25, -0.2) is 0 Å². The summed E-state index contributed by atoms with van der Waals surface area (Å²) in [5.41, 5.74) is 2.14. The van der Waals surface area contributed by atoms with Crippen molar-refractivity contribution >= 4 is 15.9 Å². The minimum Gasteiger partial charge on any atom is -0.387 e. The van der Waals surface area contributed by atoms with Gasteiger partial charge in [-0.2, -0.15) is 0 Å². The Morgan fingerprint density at radius 3 is 2.37 bits per heavy atom. The summed E-state index contributed by atoms with van der Waals surface area (Å²) in [4.78, 5) is 0. The lowest BCUT2D eigenvalue weighted by Gasteiger charge is -2.18. The second-order valence-corrected chi connectivity index (χ2v) is 5.43. The average molecular weight is 320 g/mol. The molecule has 2 N–H and O–H groups in total. The van der Waals surface area contributed by atoms with Gasteiger partial charge in [0.25, 0.3) is 0 Å². The highest BCUT2D eigenvalue weighted by Gasteiger charge is 2.11. The molecule has 0 aromatic heterocycles. The molecule has 0 radical (unpaired) electrons. The van der Waals surface area contributed by atoms with Crippen LogP contribution in [0.25, 0.3) is 0 Å². The second kappa shape index (κ2) is 6.85. The maximum absolute atomic E-state index is 10.1. The van der Waals surface area contributed by atoms with Gasteiger partial charge in [-0.1, -0.05) is 64.5 Å². The van der Waals surface area contributed by atoms with Crippen molar-refractivity contribution in [3.63, 3.8) is 0 Å². The van der Waals surface area contributed by atoms with Gasteiger partial charge in [0.15, 0.2) is 0 Å². The third kappa shape index (κ3) is 3.90. The monoisotopic (exact) mass is 319 g/mol. The maximum atomic E-state index is 10.1. The van der Waals surface area contributed by atoms with Gasteiger partial charge in [0.2, 0.25) is 0 Å². The molecule has 0 saturated carbocycles. The van der Waals surface area contributed by atoms with Crippen LogP contribution in [-0.4, -0.2) is 11.7 Å². The van der Waals surface area contributed by atoms with Crippen molar-refractivity contribution < 1.29 is 5.11 Å². The van der Waals surface area contributed by atoms with E-state index in [1.54, 1.807) is 0 Å². The Morgan fingerprint density at radius 2 is 1.68 bits per heavy atom. The van der Waals surface area contributed by atoms with Gasteiger partial charge in [0, 0.05) is 17.1 Å². The molecule has 2 atom stereocenters. The predicted molar refractivity (Wildman–Crippen MR) is 82.0 cm³/mol. The van der Waals surface area contributed by atoms with Gasteiger partial charge in [-0.05, 0) is 24.1 Å².